The quantitative estimate of drug-likeness (QED) is 0.438. The summed E-state index contributed by atoms with van der Waals surface area (Å²) in [5, 5.41) is 0. The number of hydrogen-bond acceptors (Lipinski definition) is 7. The van der Waals surface area contributed by atoms with Crippen molar-refractivity contribution < 1.29 is 32.2 Å². The average Bonchev–Trinajstić information content (AvgIpc) is 2.45. The van der Waals surface area contributed by atoms with E-state index in [0.29, 0.717) is 0 Å². The Morgan fingerprint density at radius 2 is 1.58 bits per heavy atom. The average molecular weight is 358 g/mol. The molecule has 134 valence electrons. The molecule has 0 aromatic heterocycles. The lowest BCUT2D eigenvalue weighted by molar-refractivity contribution is -0.180. The van der Waals surface area contributed by atoms with Crippen molar-refractivity contribution in [3.63, 3.8) is 0 Å². The molecule has 0 aliphatic carbocycles. The van der Waals surface area contributed by atoms with Gasteiger partial charge >= 0.3 is 12.1 Å². The van der Waals surface area contributed by atoms with Gasteiger partial charge in [-0.05, 0) is 12.1 Å². The smallest absolute Gasteiger partial charge is 0.425 e. The number of esters is 1. The molecule has 0 aliphatic heterocycles. The van der Waals surface area contributed by atoms with E-state index in [-0.39, 0.29) is 22.5 Å². The molecule has 1 atom stereocenters. The number of para-hydroxylation sites is 1. The Kier molecular flexibility index (Phi) is 6.77. The van der Waals surface area contributed by atoms with Gasteiger partial charge in [0, 0.05) is 12.2 Å². The monoisotopic (exact) mass is 358 g/mol. The standard InChI is InChI=1S/C16H22O7S/c1-10(2)14(17)22-15(11(3)4)23-16(18)21-12-8-6-7-9-13(12)24(5,19)20/h6-11,15H,1-5H3. The minimum absolute atomic E-state index is 0.137. The fourth-order valence-electron chi connectivity index (χ4n) is 1.60. The molecule has 0 saturated carbocycles. The van der Waals surface area contributed by atoms with Crippen molar-refractivity contribution >= 4 is 22.0 Å². The highest BCUT2D eigenvalue weighted by Gasteiger charge is 2.26. The zero-order chi connectivity index (χ0) is 18.5. The molecule has 0 saturated heterocycles. The molecule has 24 heavy (non-hydrogen) atoms. The van der Waals surface area contributed by atoms with Gasteiger partial charge in [-0.2, -0.15) is 0 Å². The van der Waals surface area contributed by atoms with Crippen LogP contribution in [0, 0.1) is 11.8 Å². The molecule has 0 fully saturated rings. The van der Waals surface area contributed by atoms with E-state index in [1.54, 1.807) is 27.7 Å². The van der Waals surface area contributed by atoms with E-state index in [1.165, 1.54) is 24.3 Å². The predicted octanol–water partition coefficient (Wildman–Crippen LogP) is 2.79. The van der Waals surface area contributed by atoms with Gasteiger partial charge in [0.1, 0.15) is 4.90 Å². The van der Waals surface area contributed by atoms with Crippen LogP contribution in [-0.4, -0.2) is 33.1 Å². The first-order valence-electron chi connectivity index (χ1n) is 7.40. The first-order chi connectivity index (χ1) is 11.0. The van der Waals surface area contributed by atoms with Crippen molar-refractivity contribution in [1.29, 1.82) is 0 Å². The van der Waals surface area contributed by atoms with Crippen molar-refractivity contribution in [2.75, 3.05) is 6.26 Å². The van der Waals surface area contributed by atoms with Crippen molar-refractivity contribution in [2.45, 2.75) is 38.9 Å². The largest absolute Gasteiger partial charge is 0.517 e. The van der Waals surface area contributed by atoms with E-state index in [9.17, 15) is 18.0 Å². The summed E-state index contributed by atoms with van der Waals surface area (Å²) in [5.41, 5.74) is 0. The van der Waals surface area contributed by atoms with Gasteiger partial charge in [-0.25, -0.2) is 13.2 Å². The summed E-state index contributed by atoms with van der Waals surface area (Å²) in [6.45, 7) is 6.72. The molecule has 1 aromatic carbocycles. The Morgan fingerprint density at radius 1 is 1.00 bits per heavy atom. The molecule has 0 radical (unpaired) electrons. The SMILES string of the molecule is CC(C)C(=O)OC(OC(=O)Oc1ccccc1S(C)(=O)=O)C(C)C. The third kappa shape index (κ3) is 5.84. The number of hydrogen-bond donors (Lipinski definition) is 0. The van der Waals surface area contributed by atoms with Crippen LogP contribution in [0.5, 0.6) is 5.75 Å². The van der Waals surface area contributed by atoms with Crippen molar-refractivity contribution in [3.05, 3.63) is 24.3 Å². The number of benzene rings is 1. The van der Waals surface area contributed by atoms with E-state index < -0.39 is 28.3 Å². The van der Waals surface area contributed by atoms with Crippen molar-refractivity contribution in [1.82, 2.24) is 0 Å². The normalized spacial score (nSPS) is 12.8. The molecule has 1 rings (SSSR count). The van der Waals surface area contributed by atoms with Crippen LogP contribution in [0.1, 0.15) is 27.7 Å². The fraction of sp³-hybridized carbons (Fsp3) is 0.500. The molecule has 1 unspecified atom stereocenters. The van der Waals surface area contributed by atoms with Crippen LogP contribution in [0.3, 0.4) is 0 Å². The van der Waals surface area contributed by atoms with Crippen LogP contribution in [0.2, 0.25) is 0 Å². The molecule has 1 aromatic rings. The van der Waals surface area contributed by atoms with Crippen LogP contribution in [0.15, 0.2) is 29.2 Å². The number of sulfone groups is 1. The number of rotatable bonds is 6. The van der Waals surface area contributed by atoms with E-state index in [1.807, 2.05) is 0 Å². The van der Waals surface area contributed by atoms with Gasteiger partial charge < -0.3 is 14.2 Å². The van der Waals surface area contributed by atoms with Gasteiger partial charge in [-0.15, -0.1) is 0 Å². The Labute approximate surface area is 141 Å². The molecular formula is C16H22O7S. The van der Waals surface area contributed by atoms with Gasteiger partial charge in [0.05, 0.1) is 5.92 Å². The third-order valence-corrected chi connectivity index (χ3v) is 4.04. The molecule has 0 amide bonds. The third-order valence-electron chi connectivity index (χ3n) is 2.90. The van der Waals surface area contributed by atoms with E-state index in [2.05, 4.69) is 0 Å². The molecule has 0 heterocycles. The molecule has 7 nitrogen and oxygen atoms in total. The zero-order valence-electron chi connectivity index (χ0n) is 14.3. The topological polar surface area (TPSA) is 96.0 Å². The molecule has 0 spiro atoms. The highest BCUT2D eigenvalue weighted by atomic mass is 32.2. The van der Waals surface area contributed by atoms with Crippen LogP contribution in [0.4, 0.5) is 4.79 Å². The summed E-state index contributed by atoms with van der Waals surface area (Å²) in [6, 6.07) is 5.69. The van der Waals surface area contributed by atoms with E-state index >= 15 is 0 Å². The van der Waals surface area contributed by atoms with Crippen molar-refractivity contribution in [3.8, 4) is 5.75 Å². The van der Waals surface area contributed by atoms with Gasteiger partial charge in [0.15, 0.2) is 15.6 Å². The highest BCUT2D eigenvalue weighted by Crippen LogP contribution is 2.24. The Bertz CT molecular complexity index is 692. The Morgan fingerprint density at radius 3 is 2.08 bits per heavy atom. The predicted molar refractivity (Wildman–Crippen MR) is 86.2 cm³/mol. The van der Waals surface area contributed by atoms with Gasteiger partial charge in [0.2, 0.25) is 0 Å². The van der Waals surface area contributed by atoms with Gasteiger partial charge in [0.25, 0.3) is 6.29 Å². The molecule has 0 N–H and O–H groups in total. The van der Waals surface area contributed by atoms with E-state index in [4.69, 9.17) is 14.2 Å². The van der Waals surface area contributed by atoms with Crippen LogP contribution >= 0.6 is 0 Å². The Hall–Kier alpha value is -2.09. The summed E-state index contributed by atoms with van der Waals surface area (Å²) in [4.78, 5) is 23.4. The second kappa shape index (κ2) is 8.14. The highest BCUT2D eigenvalue weighted by molar-refractivity contribution is 7.90. The fourth-order valence-corrected chi connectivity index (χ4v) is 2.40. The molecule has 0 aliphatic rings. The lowest BCUT2D eigenvalue weighted by Gasteiger charge is -2.22. The lowest BCUT2D eigenvalue weighted by Crippen LogP contribution is -2.32. The number of ether oxygens (including phenoxy) is 3. The van der Waals surface area contributed by atoms with Gasteiger partial charge in [-0.3, -0.25) is 4.79 Å². The summed E-state index contributed by atoms with van der Waals surface area (Å²) in [6.07, 6.45) is -1.28. The lowest BCUT2D eigenvalue weighted by atomic mass is 10.2. The van der Waals surface area contributed by atoms with E-state index in [0.717, 1.165) is 6.26 Å². The molecule has 0 bridgehead atoms. The zero-order valence-corrected chi connectivity index (χ0v) is 15.1. The minimum Gasteiger partial charge on any atom is -0.425 e. The van der Waals surface area contributed by atoms with Crippen LogP contribution in [-0.2, 0) is 24.1 Å². The summed E-state index contributed by atoms with van der Waals surface area (Å²) < 4.78 is 38.4. The summed E-state index contributed by atoms with van der Waals surface area (Å²) >= 11 is 0. The minimum atomic E-state index is -3.57. The maximum atomic E-state index is 11.9. The number of carbonyl (C=O) groups is 2. The van der Waals surface area contributed by atoms with Crippen LogP contribution < -0.4 is 4.74 Å². The summed E-state index contributed by atoms with van der Waals surface area (Å²) in [5.74, 6) is -1.34. The first-order valence-corrected chi connectivity index (χ1v) is 9.29. The van der Waals surface area contributed by atoms with Crippen LogP contribution in [0.25, 0.3) is 0 Å². The van der Waals surface area contributed by atoms with Gasteiger partial charge in [-0.1, -0.05) is 39.8 Å². The maximum Gasteiger partial charge on any atom is 0.517 e. The molecule has 8 heteroatoms. The maximum absolute atomic E-state index is 11.9. The molecular weight excluding hydrogens is 336 g/mol. The second-order valence-electron chi connectivity index (χ2n) is 5.89. The Balaban J connectivity index is 2.86. The first kappa shape index (κ1) is 20.0. The van der Waals surface area contributed by atoms with Crippen molar-refractivity contribution in [2.24, 2.45) is 11.8 Å². The summed E-state index contributed by atoms with van der Waals surface area (Å²) in [7, 11) is -3.57. The second-order valence-corrected chi connectivity index (χ2v) is 7.88. The number of carbonyl (C=O) groups excluding carboxylic acids is 2.